The molecule has 48 valence electrons. The van der Waals surface area contributed by atoms with Crippen molar-refractivity contribution >= 4 is 17.3 Å². The summed E-state index contributed by atoms with van der Waals surface area (Å²) in [5.74, 6) is 0. The summed E-state index contributed by atoms with van der Waals surface area (Å²) in [4.78, 5) is 14.6. The fourth-order valence-corrected chi connectivity index (χ4v) is 0.215. The van der Waals surface area contributed by atoms with Crippen molar-refractivity contribution in [2.24, 2.45) is 0 Å². The summed E-state index contributed by atoms with van der Waals surface area (Å²) in [6, 6.07) is 0. The molecule has 0 aromatic carbocycles. The molecule has 0 aromatic rings. The molecule has 8 heavy (non-hydrogen) atoms. The van der Waals surface area contributed by atoms with Gasteiger partial charge in [0.05, 0.1) is 0 Å². The van der Waals surface area contributed by atoms with Crippen molar-refractivity contribution in [2.45, 2.75) is 0 Å². The van der Waals surface area contributed by atoms with Gasteiger partial charge in [-0.05, 0) is 0 Å². The van der Waals surface area contributed by atoms with Crippen LogP contribution in [0.15, 0.2) is 0 Å². The van der Waals surface area contributed by atoms with Crippen LogP contribution in [0.3, 0.4) is 0 Å². The molecule has 0 saturated heterocycles. The van der Waals surface area contributed by atoms with E-state index in [1.54, 1.807) is 5.48 Å². The predicted molar refractivity (Wildman–Crippen MR) is 23.7 cm³/mol. The number of hydrogen-bond donors (Lipinski definition) is 3. The van der Waals surface area contributed by atoms with Crippen molar-refractivity contribution < 1.29 is 18.2 Å². The minimum absolute atomic E-state index is 0.186. The molecule has 1 amide bonds. The van der Waals surface area contributed by atoms with Crippen LogP contribution in [0.5, 0.6) is 0 Å². The quantitative estimate of drug-likeness (QED) is 0.177. The molecule has 0 aromatic heterocycles. The van der Waals surface area contributed by atoms with Crippen molar-refractivity contribution in [3.63, 3.8) is 0 Å². The maximum atomic E-state index is 9.52. The Labute approximate surface area is 46.8 Å². The third-order valence-electron chi connectivity index (χ3n) is 0.227. The van der Waals surface area contributed by atoms with Gasteiger partial charge in [0.25, 0.3) is 0 Å². The average Bonchev–Trinajstić information content (AvgIpc) is 1.66. The number of amides is 1. The zero-order chi connectivity index (χ0) is 6.41. The van der Waals surface area contributed by atoms with Gasteiger partial charge in [-0.15, -0.1) is 0 Å². The Morgan fingerprint density at radius 2 is 2.12 bits per heavy atom. The predicted octanol–water partition coefficient (Wildman–Crippen LogP) is -2.31. The largest absolute Gasteiger partial charge is 0.277 e. The Kier molecular flexibility index (Phi) is 4.13. The molecule has 0 bridgehead atoms. The third-order valence-corrected chi connectivity index (χ3v) is 0.468. The lowest BCUT2D eigenvalue weighted by atomic mass is 11.5. The highest BCUT2D eigenvalue weighted by Crippen LogP contribution is 1.49. The number of thiol groups is 1. The van der Waals surface area contributed by atoms with Crippen LogP contribution in [0.25, 0.3) is 0 Å². The molecule has 7 heteroatoms. The summed E-state index contributed by atoms with van der Waals surface area (Å²) in [5, 5.41) is 0. The van der Waals surface area contributed by atoms with Gasteiger partial charge in [0.15, 0.2) is 0 Å². The smallest absolute Gasteiger partial charge is 0.232 e. The maximum absolute atomic E-state index is 9.52. The zero-order valence-corrected chi connectivity index (χ0v) is 4.55. The Morgan fingerprint density at radius 3 is 2.50 bits per heavy atom. The highest BCUT2D eigenvalue weighted by atomic mass is 32.2. The van der Waals surface area contributed by atoms with Gasteiger partial charge in [-0.3, -0.25) is 4.79 Å². The number of rotatable bonds is 4. The first-order valence-corrected chi connectivity index (χ1v) is 2.70. The first-order chi connectivity index (χ1) is 3.77. The van der Waals surface area contributed by atoms with E-state index < -0.39 is 10.9 Å². The highest BCUT2D eigenvalue weighted by Gasteiger charge is 1.78. The van der Waals surface area contributed by atoms with Gasteiger partial charge in [0.2, 0.25) is 17.3 Å². The molecule has 6 nitrogen and oxygen atoms in total. The third kappa shape index (κ3) is 5.34. The Morgan fingerprint density at radius 1 is 1.50 bits per heavy atom. The van der Waals surface area contributed by atoms with E-state index in [1.807, 2.05) is 0 Å². The van der Waals surface area contributed by atoms with Crippen molar-refractivity contribution in [1.29, 1.82) is 0 Å². The van der Waals surface area contributed by atoms with Crippen molar-refractivity contribution in [2.75, 3.05) is 0 Å². The topological polar surface area (TPSA) is 84.5 Å². The van der Waals surface area contributed by atoms with E-state index >= 15 is 0 Å². The lowest BCUT2D eigenvalue weighted by molar-refractivity contribution is -0.123. The van der Waals surface area contributed by atoms with E-state index in [0.29, 0.717) is 0 Å². The molecule has 0 aliphatic heterocycles. The van der Waals surface area contributed by atoms with Crippen LogP contribution in [-0.2, 0) is 20.6 Å². The second-order valence-corrected chi connectivity index (χ2v) is 1.38. The van der Waals surface area contributed by atoms with E-state index in [1.165, 1.54) is 4.89 Å². The number of nitrogens with one attached hydrogen (secondary N) is 2. The summed E-state index contributed by atoms with van der Waals surface area (Å²) in [6.07, 6.45) is 0.186. The zero-order valence-electron chi connectivity index (χ0n) is 3.66. The van der Waals surface area contributed by atoms with Gasteiger partial charge in [0, 0.05) is 0 Å². The van der Waals surface area contributed by atoms with Gasteiger partial charge in [-0.1, -0.05) is 4.89 Å². The summed E-state index contributed by atoms with van der Waals surface area (Å²) in [6.45, 7) is 0. The van der Waals surface area contributed by atoms with Gasteiger partial charge < -0.3 is 0 Å². The normalized spacial score (nSPS) is 9.12. The number of hydrogen-bond acceptors (Lipinski definition) is 4. The molecule has 0 fully saturated rings. The fraction of sp³-hybridized carbons (Fsp3) is 0. The van der Waals surface area contributed by atoms with E-state index in [2.05, 4.69) is 4.94 Å². The molecule has 0 heterocycles. The molecule has 2 N–H and O–H groups in total. The van der Waals surface area contributed by atoms with Crippen molar-refractivity contribution in [3.05, 3.63) is 0 Å². The standard InChI is InChI=1S/CH4N2O4S/c4-1-2-7-3-8(5)6/h1,8H,(H,2,4)(H,3,5,6). The number of carbonyl (C=O) groups is 1. The second kappa shape index (κ2) is 4.50. The van der Waals surface area contributed by atoms with Crippen LogP contribution in [-0.4, -0.2) is 14.8 Å². The SMILES string of the molecule is O=CNON[SH](=O)=O. The maximum Gasteiger partial charge on any atom is 0.232 e. The molecule has 0 aliphatic carbocycles. The lowest BCUT2D eigenvalue weighted by Gasteiger charge is -1.90. The first-order valence-electron chi connectivity index (χ1n) is 1.52. The Hall–Kier alpha value is -0.660. The van der Waals surface area contributed by atoms with Gasteiger partial charge in [-0.2, -0.15) is 4.94 Å². The molecular weight excluding hydrogens is 136 g/mol. The van der Waals surface area contributed by atoms with Crippen LogP contribution in [0.2, 0.25) is 0 Å². The molecule has 0 saturated carbocycles. The van der Waals surface area contributed by atoms with E-state index in [0.717, 1.165) is 0 Å². The van der Waals surface area contributed by atoms with Gasteiger partial charge >= 0.3 is 0 Å². The van der Waals surface area contributed by atoms with Gasteiger partial charge in [0.1, 0.15) is 0 Å². The van der Waals surface area contributed by atoms with Crippen LogP contribution < -0.4 is 10.4 Å². The summed E-state index contributed by atoms with van der Waals surface area (Å²) < 4.78 is 19.0. The Bertz CT molecular complexity index is 122. The summed E-state index contributed by atoms with van der Waals surface area (Å²) >= 11 is 0. The Balaban J connectivity index is 3.05. The summed E-state index contributed by atoms with van der Waals surface area (Å²) in [7, 11) is -2.81. The minimum atomic E-state index is -2.81. The molecule has 0 atom stereocenters. The molecule has 0 radical (unpaired) electrons. The molecule has 0 rings (SSSR count). The van der Waals surface area contributed by atoms with Crippen LogP contribution >= 0.6 is 0 Å². The highest BCUT2D eigenvalue weighted by molar-refractivity contribution is 7.70. The van der Waals surface area contributed by atoms with E-state index in [9.17, 15) is 13.2 Å². The fourth-order valence-electron chi connectivity index (χ4n) is 0.0877. The molecule has 0 unspecified atom stereocenters. The monoisotopic (exact) mass is 140 g/mol. The average molecular weight is 140 g/mol. The van der Waals surface area contributed by atoms with E-state index in [-0.39, 0.29) is 6.41 Å². The van der Waals surface area contributed by atoms with Crippen molar-refractivity contribution in [3.8, 4) is 0 Å². The van der Waals surface area contributed by atoms with Crippen LogP contribution in [0.4, 0.5) is 0 Å². The lowest BCUT2D eigenvalue weighted by Crippen LogP contribution is -2.22. The minimum Gasteiger partial charge on any atom is -0.277 e. The molecular formula is CH4N2O4S. The second-order valence-electron chi connectivity index (χ2n) is 0.686. The van der Waals surface area contributed by atoms with Crippen LogP contribution in [0.1, 0.15) is 0 Å². The van der Waals surface area contributed by atoms with Crippen LogP contribution in [0, 0.1) is 0 Å². The van der Waals surface area contributed by atoms with E-state index in [4.69, 9.17) is 0 Å². The number of carbonyl (C=O) groups excluding carboxylic acids is 1. The summed E-state index contributed by atoms with van der Waals surface area (Å²) in [5.41, 5.74) is 1.60. The first kappa shape index (κ1) is 7.34. The number of hydroxylamine groups is 1. The van der Waals surface area contributed by atoms with Crippen molar-refractivity contribution in [1.82, 2.24) is 10.4 Å². The molecule has 0 spiro atoms. The van der Waals surface area contributed by atoms with Gasteiger partial charge in [-0.25, -0.2) is 13.9 Å². The molecule has 0 aliphatic rings.